The molecule has 1 aromatic heterocycles. The lowest BCUT2D eigenvalue weighted by Crippen LogP contribution is -2.45. The van der Waals surface area contributed by atoms with Gasteiger partial charge in [-0.25, -0.2) is 4.98 Å². The minimum absolute atomic E-state index is 0.0755. The van der Waals surface area contributed by atoms with Crippen molar-refractivity contribution in [3.63, 3.8) is 0 Å². The van der Waals surface area contributed by atoms with Crippen LogP contribution in [-0.4, -0.2) is 34.9 Å². The van der Waals surface area contributed by atoms with Crippen LogP contribution >= 0.6 is 11.3 Å². The molecule has 0 aromatic carbocycles. The summed E-state index contributed by atoms with van der Waals surface area (Å²) in [6.07, 6.45) is 2.90. The van der Waals surface area contributed by atoms with Crippen molar-refractivity contribution in [3.8, 4) is 0 Å². The number of nitrogens with zero attached hydrogens (tertiary/aromatic N) is 2. The van der Waals surface area contributed by atoms with Crippen LogP contribution in [0.3, 0.4) is 0 Å². The number of nitrogens with one attached hydrogen (secondary N) is 1. The molecule has 1 aliphatic rings. The summed E-state index contributed by atoms with van der Waals surface area (Å²) in [7, 11) is 0. The van der Waals surface area contributed by atoms with Gasteiger partial charge in [0.25, 0.3) is 0 Å². The lowest BCUT2D eigenvalue weighted by molar-refractivity contribution is -0.114. The molecule has 0 aliphatic carbocycles. The van der Waals surface area contributed by atoms with E-state index in [-0.39, 0.29) is 5.91 Å². The SMILES string of the molecule is CC(=O)Nc1ncc(CN2CCC(N)C(C)C2)s1. The molecule has 1 aromatic rings. The molecule has 1 aliphatic heterocycles. The van der Waals surface area contributed by atoms with E-state index >= 15 is 0 Å². The Kier molecular flexibility index (Phi) is 4.31. The molecule has 5 nitrogen and oxygen atoms in total. The molecule has 1 saturated heterocycles. The van der Waals surface area contributed by atoms with Crippen LogP contribution in [0.1, 0.15) is 25.1 Å². The maximum absolute atomic E-state index is 10.9. The zero-order valence-electron chi connectivity index (χ0n) is 10.8. The number of rotatable bonds is 3. The fourth-order valence-corrected chi connectivity index (χ4v) is 3.10. The molecule has 0 radical (unpaired) electrons. The van der Waals surface area contributed by atoms with E-state index in [2.05, 4.69) is 22.1 Å². The zero-order chi connectivity index (χ0) is 13.1. The Morgan fingerprint density at radius 1 is 1.72 bits per heavy atom. The molecule has 2 heterocycles. The van der Waals surface area contributed by atoms with Crippen molar-refractivity contribution in [2.24, 2.45) is 11.7 Å². The summed E-state index contributed by atoms with van der Waals surface area (Å²) in [6.45, 7) is 6.67. The van der Waals surface area contributed by atoms with Crippen molar-refractivity contribution in [1.29, 1.82) is 0 Å². The van der Waals surface area contributed by atoms with Crippen LogP contribution in [0, 0.1) is 5.92 Å². The van der Waals surface area contributed by atoms with E-state index in [1.54, 1.807) is 11.3 Å². The number of thiazole rings is 1. The zero-order valence-corrected chi connectivity index (χ0v) is 11.7. The average molecular weight is 268 g/mol. The fraction of sp³-hybridized carbons (Fsp3) is 0.667. The van der Waals surface area contributed by atoms with Gasteiger partial charge in [0, 0.05) is 43.7 Å². The molecular formula is C12H20N4OS. The highest BCUT2D eigenvalue weighted by atomic mass is 32.1. The van der Waals surface area contributed by atoms with Crippen molar-refractivity contribution >= 4 is 22.4 Å². The normalized spacial score (nSPS) is 25.1. The molecule has 0 spiro atoms. The van der Waals surface area contributed by atoms with Crippen molar-refractivity contribution < 1.29 is 4.79 Å². The van der Waals surface area contributed by atoms with Crippen LogP contribution in [0.5, 0.6) is 0 Å². The second kappa shape index (κ2) is 5.77. The number of carbonyl (C=O) groups excluding carboxylic acids is 1. The summed E-state index contributed by atoms with van der Waals surface area (Å²) in [5.74, 6) is 0.468. The number of nitrogens with two attached hydrogens (primary N) is 1. The molecule has 0 saturated carbocycles. The lowest BCUT2D eigenvalue weighted by Gasteiger charge is -2.34. The van der Waals surface area contributed by atoms with Crippen LogP contribution in [0.2, 0.25) is 0 Å². The third-order valence-electron chi connectivity index (χ3n) is 3.27. The summed E-state index contributed by atoms with van der Waals surface area (Å²) < 4.78 is 0. The first-order valence-corrected chi connectivity index (χ1v) is 7.06. The van der Waals surface area contributed by atoms with Gasteiger partial charge in [0.1, 0.15) is 0 Å². The summed E-state index contributed by atoms with van der Waals surface area (Å²) >= 11 is 1.54. The van der Waals surface area contributed by atoms with Crippen LogP contribution in [0.15, 0.2) is 6.20 Å². The molecule has 0 bridgehead atoms. The molecule has 18 heavy (non-hydrogen) atoms. The van der Waals surface area contributed by atoms with Gasteiger partial charge < -0.3 is 11.1 Å². The van der Waals surface area contributed by atoms with Gasteiger partial charge in [0.2, 0.25) is 5.91 Å². The maximum Gasteiger partial charge on any atom is 0.223 e. The third kappa shape index (κ3) is 3.51. The number of hydrogen-bond donors (Lipinski definition) is 2. The number of anilines is 1. The lowest BCUT2D eigenvalue weighted by atomic mass is 9.95. The summed E-state index contributed by atoms with van der Waals surface area (Å²) in [5.41, 5.74) is 6.01. The first kappa shape index (κ1) is 13.5. The Bertz CT molecular complexity index is 420. The number of carbonyl (C=O) groups is 1. The molecule has 1 fully saturated rings. The van der Waals surface area contributed by atoms with Gasteiger partial charge >= 0.3 is 0 Å². The average Bonchev–Trinajstić information content (AvgIpc) is 2.70. The number of hydrogen-bond acceptors (Lipinski definition) is 5. The van der Waals surface area contributed by atoms with E-state index in [4.69, 9.17) is 5.73 Å². The van der Waals surface area contributed by atoms with Gasteiger partial charge in [0.05, 0.1) is 0 Å². The molecular weight excluding hydrogens is 248 g/mol. The molecule has 6 heteroatoms. The minimum Gasteiger partial charge on any atom is -0.327 e. The molecule has 3 N–H and O–H groups in total. The number of piperidine rings is 1. The van der Waals surface area contributed by atoms with Crippen molar-refractivity contribution in [2.75, 3.05) is 18.4 Å². The second-order valence-electron chi connectivity index (χ2n) is 4.98. The Morgan fingerprint density at radius 3 is 3.17 bits per heavy atom. The fourth-order valence-electron chi connectivity index (χ4n) is 2.20. The number of likely N-dealkylation sites (tertiary alicyclic amines) is 1. The van der Waals surface area contributed by atoms with E-state index in [1.165, 1.54) is 11.8 Å². The van der Waals surface area contributed by atoms with E-state index in [1.807, 2.05) is 6.20 Å². The predicted octanol–water partition coefficient (Wildman–Crippen LogP) is 1.27. The van der Waals surface area contributed by atoms with Crippen LogP contribution in [-0.2, 0) is 11.3 Å². The monoisotopic (exact) mass is 268 g/mol. The van der Waals surface area contributed by atoms with Crippen molar-refractivity contribution in [2.45, 2.75) is 32.9 Å². The second-order valence-corrected chi connectivity index (χ2v) is 6.09. The van der Waals surface area contributed by atoms with E-state index in [0.29, 0.717) is 17.1 Å². The highest BCUT2D eigenvalue weighted by Gasteiger charge is 2.23. The van der Waals surface area contributed by atoms with Crippen LogP contribution < -0.4 is 11.1 Å². The largest absolute Gasteiger partial charge is 0.327 e. The topological polar surface area (TPSA) is 71.2 Å². The number of amides is 1. The smallest absolute Gasteiger partial charge is 0.223 e. The standard InChI is InChI=1S/C12H20N4OS/c1-8-6-16(4-3-11(8)13)7-10-5-14-12(18-10)15-9(2)17/h5,8,11H,3-4,6-7,13H2,1-2H3,(H,14,15,17). The van der Waals surface area contributed by atoms with Gasteiger partial charge in [-0.15, -0.1) is 11.3 Å². The van der Waals surface area contributed by atoms with Crippen LogP contribution in [0.4, 0.5) is 5.13 Å². The molecule has 2 unspecified atom stereocenters. The predicted molar refractivity (Wildman–Crippen MR) is 73.5 cm³/mol. The molecule has 1 amide bonds. The molecule has 2 rings (SSSR count). The Labute approximate surface area is 111 Å². The minimum atomic E-state index is -0.0755. The summed E-state index contributed by atoms with van der Waals surface area (Å²) in [4.78, 5) is 18.7. The Balaban J connectivity index is 1.89. The van der Waals surface area contributed by atoms with Gasteiger partial charge in [-0.05, 0) is 12.3 Å². The molecule has 2 atom stereocenters. The van der Waals surface area contributed by atoms with E-state index in [9.17, 15) is 4.79 Å². The van der Waals surface area contributed by atoms with Gasteiger partial charge in [-0.3, -0.25) is 9.69 Å². The van der Waals surface area contributed by atoms with E-state index in [0.717, 1.165) is 26.1 Å². The summed E-state index contributed by atoms with van der Waals surface area (Å²) in [6, 6.07) is 0.331. The number of aromatic nitrogens is 1. The third-order valence-corrected chi connectivity index (χ3v) is 4.17. The highest BCUT2D eigenvalue weighted by molar-refractivity contribution is 7.15. The maximum atomic E-state index is 10.9. The van der Waals surface area contributed by atoms with Crippen molar-refractivity contribution in [3.05, 3.63) is 11.1 Å². The first-order valence-electron chi connectivity index (χ1n) is 6.25. The highest BCUT2D eigenvalue weighted by Crippen LogP contribution is 2.22. The Hall–Kier alpha value is -0.980. The summed E-state index contributed by atoms with van der Waals surface area (Å²) in [5, 5.41) is 3.39. The quantitative estimate of drug-likeness (QED) is 0.866. The van der Waals surface area contributed by atoms with E-state index < -0.39 is 0 Å². The van der Waals surface area contributed by atoms with Crippen molar-refractivity contribution in [1.82, 2.24) is 9.88 Å². The van der Waals surface area contributed by atoms with Crippen LogP contribution in [0.25, 0.3) is 0 Å². The Morgan fingerprint density at radius 2 is 2.50 bits per heavy atom. The van der Waals surface area contributed by atoms with Gasteiger partial charge in [-0.2, -0.15) is 0 Å². The molecule has 100 valence electrons. The van der Waals surface area contributed by atoms with Gasteiger partial charge in [0.15, 0.2) is 5.13 Å². The first-order chi connectivity index (χ1) is 8.54. The van der Waals surface area contributed by atoms with Gasteiger partial charge in [-0.1, -0.05) is 6.92 Å².